The minimum Gasteiger partial charge on any atom is -0.337 e. The van der Waals surface area contributed by atoms with Crippen molar-refractivity contribution in [1.29, 1.82) is 0 Å². The van der Waals surface area contributed by atoms with Gasteiger partial charge < -0.3 is 10.6 Å². The topological polar surface area (TPSA) is 46.3 Å². The molecule has 0 unspecified atom stereocenters. The zero-order chi connectivity index (χ0) is 14.3. The molecule has 0 spiro atoms. The maximum absolute atomic E-state index is 12.4. The van der Waals surface area contributed by atoms with Gasteiger partial charge in [-0.15, -0.1) is 0 Å². The Balaban J connectivity index is 2.68. The summed E-state index contributed by atoms with van der Waals surface area (Å²) in [5.74, 6) is 0.513. The molecule has 0 aliphatic heterocycles. The van der Waals surface area contributed by atoms with Gasteiger partial charge >= 0.3 is 0 Å². The van der Waals surface area contributed by atoms with E-state index in [4.69, 9.17) is 5.73 Å². The molecule has 0 saturated carbocycles. The lowest BCUT2D eigenvalue weighted by Gasteiger charge is -2.26. The molecule has 0 aromatic heterocycles. The van der Waals surface area contributed by atoms with Crippen LogP contribution in [0.1, 0.15) is 39.2 Å². The maximum atomic E-state index is 12.4. The predicted octanol–water partition coefficient (Wildman–Crippen LogP) is 2.80. The normalized spacial score (nSPS) is 12.5. The molecule has 0 aliphatic rings. The van der Waals surface area contributed by atoms with Gasteiger partial charge in [0.15, 0.2) is 0 Å². The SMILES string of the molecule is CCCN(Cc1ccccc1)C(=O)[C@H](N)CC(C)C. The molecule has 1 atom stereocenters. The standard InChI is InChI=1S/C16H26N2O/c1-4-10-18(12-14-8-6-5-7-9-14)16(19)15(17)11-13(2)3/h5-9,13,15H,4,10-12,17H2,1-3H3/t15-/m1/s1. The van der Waals surface area contributed by atoms with Crippen LogP contribution in [0.5, 0.6) is 0 Å². The largest absolute Gasteiger partial charge is 0.337 e. The summed E-state index contributed by atoms with van der Waals surface area (Å²) in [7, 11) is 0. The van der Waals surface area contributed by atoms with Crippen molar-refractivity contribution in [3.8, 4) is 0 Å². The predicted molar refractivity (Wildman–Crippen MR) is 79.6 cm³/mol. The molecule has 19 heavy (non-hydrogen) atoms. The average Bonchev–Trinajstić information content (AvgIpc) is 2.38. The molecule has 1 aromatic carbocycles. The van der Waals surface area contributed by atoms with Crippen molar-refractivity contribution in [1.82, 2.24) is 4.90 Å². The van der Waals surface area contributed by atoms with E-state index in [1.807, 2.05) is 35.2 Å². The van der Waals surface area contributed by atoms with Gasteiger partial charge in [0, 0.05) is 13.1 Å². The Bertz CT molecular complexity index is 376. The van der Waals surface area contributed by atoms with Gasteiger partial charge in [-0.3, -0.25) is 4.79 Å². The lowest BCUT2D eigenvalue weighted by atomic mass is 10.0. The molecule has 106 valence electrons. The first kappa shape index (κ1) is 15.7. The monoisotopic (exact) mass is 262 g/mol. The highest BCUT2D eigenvalue weighted by molar-refractivity contribution is 5.81. The first-order chi connectivity index (χ1) is 9.04. The Morgan fingerprint density at radius 1 is 1.26 bits per heavy atom. The van der Waals surface area contributed by atoms with Crippen LogP contribution in [0.3, 0.4) is 0 Å². The lowest BCUT2D eigenvalue weighted by molar-refractivity contribution is -0.133. The highest BCUT2D eigenvalue weighted by Crippen LogP contribution is 2.10. The fourth-order valence-electron chi connectivity index (χ4n) is 2.18. The van der Waals surface area contributed by atoms with Gasteiger partial charge in [-0.25, -0.2) is 0 Å². The smallest absolute Gasteiger partial charge is 0.239 e. The fraction of sp³-hybridized carbons (Fsp3) is 0.562. The minimum absolute atomic E-state index is 0.0689. The number of carbonyl (C=O) groups excluding carboxylic acids is 1. The van der Waals surface area contributed by atoms with Gasteiger partial charge in [0.2, 0.25) is 5.91 Å². The van der Waals surface area contributed by atoms with E-state index in [0.717, 1.165) is 24.9 Å². The van der Waals surface area contributed by atoms with Crippen LogP contribution in [-0.4, -0.2) is 23.4 Å². The molecule has 0 heterocycles. The number of nitrogens with zero attached hydrogens (tertiary/aromatic N) is 1. The molecule has 3 heteroatoms. The molecule has 1 rings (SSSR count). The van der Waals surface area contributed by atoms with Crippen LogP contribution in [0.15, 0.2) is 30.3 Å². The number of hydrogen-bond acceptors (Lipinski definition) is 2. The van der Waals surface area contributed by atoms with Gasteiger partial charge in [-0.2, -0.15) is 0 Å². The molecule has 0 saturated heterocycles. The Hall–Kier alpha value is -1.35. The number of benzene rings is 1. The molecular formula is C16H26N2O. The Morgan fingerprint density at radius 2 is 1.89 bits per heavy atom. The number of nitrogens with two attached hydrogens (primary N) is 1. The Morgan fingerprint density at radius 3 is 2.42 bits per heavy atom. The zero-order valence-corrected chi connectivity index (χ0v) is 12.3. The first-order valence-corrected chi connectivity index (χ1v) is 7.12. The minimum atomic E-state index is -0.379. The number of amides is 1. The van der Waals surface area contributed by atoms with Crippen LogP contribution in [-0.2, 0) is 11.3 Å². The van der Waals surface area contributed by atoms with Gasteiger partial charge in [-0.05, 0) is 24.3 Å². The molecule has 0 fully saturated rings. The maximum Gasteiger partial charge on any atom is 0.239 e. The Labute approximate surface area is 116 Å². The van der Waals surface area contributed by atoms with Crippen molar-refractivity contribution in [2.75, 3.05) is 6.54 Å². The summed E-state index contributed by atoms with van der Waals surface area (Å²) < 4.78 is 0. The lowest BCUT2D eigenvalue weighted by Crippen LogP contribution is -2.44. The van der Waals surface area contributed by atoms with E-state index < -0.39 is 0 Å². The zero-order valence-electron chi connectivity index (χ0n) is 12.3. The molecule has 0 bridgehead atoms. The van der Waals surface area contributed by atoms with E-state index in [0.29, 0.717) is 12.5 Å². The van der Waals surface area contributed by atoms with Crippen LogP contribution in [0.4, 0.5) is 0 Å². The summed E-state index contributed by atoms with van der Waals surface area (Å²) in [6.45, 7) is 7.68. The number of rotatable bonds is 7. The van der Waals surface area contributed by atoms with Crippen molar-refractivity contribution in [2.45, 2.75) is 46.2 Å². The van der Waals surface area contributed by atoms with Crippen LogP contribution in [0.2, 0.25) is 0 Å². The summed E-state index contributed by atoms with van der Waals surface area (Å²) >= 11 is 0. The molecule has 0 radical (unpaired) electrons. The summed E-state index contributed by atoms with van der Waals surface area (Å²) in [4.78, 5) is 14.3. The Kier molecular flexibility index (Phi) is 6.57. The fourth-order valence-corrected chi connectivity index (χ4v) is 2.18. The highest BCUT2D eigenvalue weighted by atomic mass is 16.2. The van der Waals surface area contributed by atoms with Gasteiger partial charge in [0.05, 0.1) is 6.04 Å². The van der Waals surface area contributed by atoms with Crippen molar-refractivity contribution in [3.63, 3.8) is 0 Å². The second kappa shape index (κ2) is 7.95. The third-order valence-electron chi connectivity index (χ3n) is 3.06. The van der Waals surface area contributed by atoms with Gasteiger partial charge in [-0.1, -0.05) is 51.1 Å². The number of carbonyl (C=O) groups is 1. The summed E-state index contributed by atoms with van der Waals surface area (Å²) in [6.07, 6.45) is 1.70. The molecule has 0 aliphatic carbocycles. The summed E-state index contributed by atoms with van der Waals surface area (Å²) in [5.41, 5.74) is 7.17. The average molecular weight is 262 g/mol. The van der Waals surface area contributed by atoms with Crippen LogP contribution in [0.25, 0.3) is 0 Å². The van der Waals surface area contributed by atoms with E-state index in [9.17, 15) is 4.79 Å². The van der Waals surface area contributed by atoms with Crippen molar-refractivity contribution in [2.24, 2.45) is 11.7 Å². The highest BCUT2D eigenvalue weighted by Gasteiger charge is 2.21. The molecular weight excluding hydrogens is 236 g/mol. The summed E-state index contributed by atoms with van der Waals surface area (Å²) in [5, 5.41) is 0. The second-order valence-corrected chi connectivity index (χ2v) is 5.48. The van der Waals surface area contributed by atoms with E-state index in [-0.39, 0.29) is 11.9 Å². The van der Waals surface area contributed by atoms with E-state index in [1.165, 1.54) is 0 Å². The van der Waals surface area contributed by atoms with Gasteiger partial charge in [0.25, 0.3) is 0 Å². The molecule has 1 aromatic rings. The van der Waals surface area contributed by atoms with Crippen molar-refractivity contribution >= 4 is 5.91 Å². The molecule has 2 N–H and O–H groups in total. The third-order valence-corrected chi connectivity index (χ3v) is 3.06. The van der Waals surface area contributed by atoms with Crippen LogP contribution < -0.4 is 5.73 Å². The quantitative estimate of drug-likeness (QED) is 0.821. The second-order valence-electron chi connectivity index (χ2n) is 5.48. The van der Waals surface area contributed by atoms with Gasteiger partial charge in [0.1, 0.15) is 0 Å². The van der Waals surface area contributed by atoms with Crippen LogP contribution >= 0.6 is 0 Å². The van der Waals surface area contributed by atoms with E-state index >= 15 is 0 Å². The number of hydrogen-bond donors (Lipinski definition) is 1. The van der Waals surface area contributed by atoms with Crippen molar-refractivity contribution in [3.05, 3.63) is 35.9 Å². The van der Waals surface area contributed by atoms with E-state index in [1.54, 1.807) is 0 Å². The third kappa shape index (κ3) is 5.43. The van der Waals surface area contributed by atoms with E-state index in [2.05, 4.69) is 20.8 Å². The summed E-state index contributed by atoms with van der Waals surface area (Å²) in [6, 6.07) is 9.69. The van der Waals surface area contributed by atoms with Crippen molar-refractivity contribution < 1.29 is 4.79 Å². The molecule has 3 nitrogen and oxygen atoms in total. The molecule has 1 amide bonds. The first-order valence-electron chi connectivity index (χ1n) is 7.12. The van der Waals surface area contributed by atoms with Crippen LogP contribution in [0, 0.1) is 5.92 Å².